The number of alkyl halides is 3. The highest BCUT2D eigenvalue weighted by atomic mass is 19.4. The lowest BCUT2D eigenvalue weighted by atomic mass is 10.1. The van der Waals surface area contributed by atoms with Crippen LogP contribution in [0, 0.1) is 0 Å². The Morgan fingerprint density at radius 1 is 0.778 bits per heavy atom. The zero-order valence-corrected chi connectivity index (χ0v) is 26.6. The Labute approximate surface area is 265 Å². The van der Waals surface area contributed by atoms with Gasteiger partial charge in [0.1, 0.15) is 25.4 Å². The van der Waals surface area contributed by atoms with Crippen molar-refractivity contribution in [2.45, 2.75) is 72.0 Å². The van der Waals surface area contributed by atoms with Gasteiger partial charge in [-0.05, 0) is 68.8 Å². The van der Waals surface area contributed by atoms with Crippen LogP contribution in [0.15, 0.2) is 72.8 Å². The number of likely N-dealkylation sites (N-methyl/N-ethyl adjacent to an activating group) is 1. The summed E-state index contributed by atoms with van der Waals surface area (Å²) in [5.41, 5.74) is 1.45. The third-order valence-electron chi connectivity index (χ3n) is 8.21. The van der Waals surface area contributed by atoms with Crippen LogP contribution in [0.5, 0.6) is 5.75 Å². The van der Waals surface area contributed by atoms with Gasteiger partial charge < -0.3 is 19.3 Å². The molecule has 0 aromatic heterocycles. The fraction of sp³-hybridized carbons (Fsp3) is 0.444. The summed E-state index contributed by atoms with van der Waals surface area (Å²) in [6.45, 7) is 9.46. The van der Waals surface area contributed by atoms with Gasteiger partial charge in [0.05, 0.1) is 36.4 Å². The number of para-hydroxylation sites is 1. The van der Waals surface area contributed by atoms with Crippen LogP contribution in [0.25, 0.3) is 0 Å². The monoisotopic (exact) mass is 627 g/mol. The number of rotatable bonds is 18. The molecule has 0 atom stereocenters. The molecule has 1 N–H and O–H groups in total. The molecule has 0 saturated heterocycles. The van der Waals surface area contributed by atoms with Crippen LogP contribution in [0.4, 0.5) is 18.9 Å². The molecule has 0 radical (unpaired) electrons. The molecule has 0 bridgehead atoms. The zero-order valence-electron chi connectivity index (χ0n) is 26.6. The van der Waals surface area contributed by atoms with Crippen molar-refractivity contribution in [1.82, 2.24) is 0 Å². The first-order valence-electron chi connectivity index (χ1n) is 15.9. The number of hydrogen-bond acceptors (Lipinski definition) is 4. The lowest BCUT2D eigenvalue weighted by Crippen LogP contribution is -2.49. The summed E-state index contributed by atoms with van der Waals surface area (Å²) in [5, 5.41) is 2.87. The first-order valence-corrected chi connectivity index (χ1v) is 15.9. The van der Waals surface area contributed by atoms with Crippen molar-refractivity contribution in [3.8, 4) is 5.75 Å². The molecular weight excluding hydrogens is 581 g/mol. The van der Waals surface area contributed by atoms with Gasteiger partial charge in [0.2, 0.25) is 0 Å². The summed E-state index contributed by atoms with van der Waals surface area (Å²) in [5.74, 6) is -0.248. The number of carbonyl (C=O) groups excluding carboxylic acids is 2. The number of esters is 1. The van der Waals surface area contributed by atoms with E-state index in [0.29, 0.717) is 46.7 Å². The minimum Gasteiger partial charge on any atom is -0.493 e. The van der Waals surface area contributed by atoms with E-state index in [-0.39, 0.29) is 12.5 Å². The third-order valence-corrected chi connectivity index (χ3v) is 8.21. The van der Waals surface area contributed by atoms with Crippen molar-refractivity contribution in [3.05, 3.63) is 95.1 Å². The highest BCUT2D eigenvalue weighted by molar-refractivity contribution is 6.06. The van der Waals surface area contributed by atoms with Crippen molar-refractivity contribution < 1.29 is 36.7 Å². The van der Waals surface area contributed by atoms with Gasteiger partial charge in [0.25, 0.3) is 5.91 Å². The van der Waals surface area contributed by atoms with Crippen LogP contribution < -0.4 is 10.1 Å². The second-order valence-electron chi connectivity index (χ2n) is 11.3. The number of benzene rings is 3. The Kier molecular flexibility index (Phi) is 13.9. The molecule has 9 heteroatoms. The molecule has 3 rings (SSSR count). The minimum atomic E-state index is -4.37. The number of halogens is 3. The van der Waals surface area contributed by atoms with Gasteiger partial charge in [-0.2, -0.15) is 13.2 Å². The van der Waals surface area contributed by atoms with Crippen LogP contribution in [-0.2, 0) is 17.5 Å². The number of carbonyl (C=O) groups is 2. The largest absolute Gasteiger partial charge is 0.493 e. The third kappa shape index (κ3) is 11.2. The quantitative estimate of drug-likeness (QED) is 0.0869. The van der Waals surface area contributed by atoms with E-state index in [9.17, 15) is 22.8 Å². The van der Waals surface area contributed by atoms with E-state index in [1.165, 1.54) is 37.8 Å². The Bertz CT molecular complexity index is 1340. The molecule has 45 heavy (non-hydrogen) atoms. The lowest BCUT2D eigenvalue weighted by Gasteiger charge is -2.36. The highest BCUT2D eigenvalue weighted by Crippen LogP contribution is 2.29. The topological polar surface area (TPSA) is 64.6 Å². The maximum Gasteiger partial charge on any atom is 0.416 e. The summed E-state index contributed by atoms with van der Waals surface area (Å²) >= 11 is 0. The molecule has 0 saturated carbocycles. The molecule has 0 aliphatic heterocycles. The SMILES string of the molecule is CCCCCCCCOc1ccccc1C(=O)Nc1ccc(C(=O)OCC[N+](CC)(CC)Cc2ccc(C(F)(F)F)cc2)cc1. The van der Waals surface area contributed by atoms with Crippen LogP contribution in [0.3, 0.4) is 0 Å². The Morgan fingerprint density at radius 3 is 2.07 bits per heavy atom. The number of nitrogens with zero attached hydrogens (tertiary/aromatic N) is 1. The van der Waals surface area contributed by atoms with Crippen LogP contribution in [0.1, 0.15) is 91.1 Å². The number of hydrogen-bond donors (Lipinski definition) is 1. The number of nitrogens with one attached hydrogen (secondary N) is 1. The average Bonchev–Trinajstić information content (AvgIpc) is 3.04. The van der Waals surface area contributed by atoms with Gasteiger partial charge in [-0.1, -0.05) is 63.3 Å². The molecule has 1 amide bonds. The summed E-state index contributed by atoms with van der Waals surface area (Å²) < 4.78 is 50.9. The van der Waals surface area contributed by atoms with Crippen LogP contribution >= 0.6 is 0 Å². The van der Waals surface area contributed by atoms with E-state index in [2.05, 4.69) is 12.2 Å². The van der Waals surface area contributed by atoms with Gasteiger partial charge >= 0.3 is 12.1 Å². The van der Waals surface area contributed by atoms with Gasteiger partial charge in [-0.25, -0.2) is 4.79 Å². The molecule has 0 spiro atoms. The molecule has 0 heterocycles. The molecule has 0 aliphatic rings. The predicted octanol–water partition coefficient (Wildman–Crippen LogP) is 8.91. The van der Waals surface area contributed by atoms with Crippen molar-refractivity contribution in [2.75, 3.05) is 38.2 Å². The van der Waals surface area contributed by atoms with Gasteiger partial charge in [-0.3, -0.25) is 4.79 Å². The molecule has 6 nitrogen and oxygen atoms in total. The van der Waals surface area contributed by atoms with E-state index >= 15 is 0 Å². The van der Waals surface area contributed by atoms with Crippen molar-refractivity contribution in [3.63, 3.8) is 0 Å². The average molecular weight is 628 g/mol. The predicted molar refractivity (Wildman–Crippen MR) is 171 cm³/mol. The minimum absolute atomic E-state index is 0.162. The molecule has 3 aromatic carbocycles. The molecule has 0 unspecified atom stereocenters. The number of quaternary nitrogens is 1. The standard InChI is InChI=1S/C36H45F3N2O4/c1-4-7-8-9-10-13-25-44-33-15-12-11-14-32(33)34(42)40-31-22-18-29(19-23-31)35(43)45-26-24-41(5-2,6-3)27-28-16-20-30(21-17-28)36(37,38)39/h11-12,14-23H,4-10,13,24-27H2,1-3H3/p+1. The Morgan fingerprint density at radius 2 is 1.42 bits per heavy atom. The smallest absolute Gasteiger partial charge is 0.416 e. The fourth-order valence-corrected chi connectivity index (χ4v) is 5.18. The summed E-state index contributed by atoms with van der Waals surface area (Å²) in [6, 6.07) is 18.9. The number of ether oxygens (including phenoxy) is 2. The van der Waals surface area contributed by atoms with Crippen LogP contribution in [0.2, 0.25) is 0 Å². The van der Waals surface area contributed by atoms with E-state index < -0.39 is 17.7 Å². The van der Waals surface area contributed by atoms with Crippen molar-refractivity contribution in [1.29, 1.82) is 0 Å². The second-order valence-corrected chi connectivity index (χ2v) is 11.3. The number of anilines is 1. The first-order chi connectivity index (χ1) is 21.6. The molecule has 244 valence electrons. The van der Waals surface area contributed by atoms with Gasteiger partial charge in [-0.15, -0.1) is 0 Å². The number of amides is 1. The Hall–Kier alpha value is -3.85. The van der Waals surface area contributed by atoms with Gasteiger partial charge in [0.15, 0.2) is 0 Å². The first kappa shape index (κ1) is 35.6. The van der Waals surface area contributed by atoms with E-state index in [0.717, 1.165) is 43.6 Å². The summed E-state index contributed by atoms with van der Waals surface area (Å²) in [7, 11) is 0. The second kappa shape index (κ2) is 17.6. The van der Waals surface area contributed by atoms with E-state index in [1.54, 1.807) is 42.5 Å². The lowest BCUT2D eigenvalue weighted by molar-refractivity contribution is -0.937. The van der Waals surface area contributed by atoms with E-state index in [4.69, 9.17) is 9.47 Å². The Balaban J connectivity index is 1.50. The molecular formula is C36H46F3N2O4+. The highest BCUT2D eigenvalue weighted by Gasteiger charge is 2.31. The van der Waals surface area contributed by atoms with Crippen LogP contribution in [-0.4, -0.2) is 49.2 Å². The maximum atomic E-state index is 13.0. The zero-order chi connectivity index (χ0) is 32.7. The molecule has 0 fully saturated rings. The number of unbranched alkanes of at least 4 members (excludes halogenated alkanes) is 5. The summed E-state index contributed by atoms with van der Waals surface area (Å²) in [6.07, 6.45) is 2.55. The maximum absolute atomic E-state index is 13.0. The van der Waals surface area contributed by atoms with Gasteiger partial charge in [0, 0.05) is 11.3 Å². The summed E-state index contributed by atoms with van der Waals surface area (Å²) in [4.78, 5) is 25.8. The molecule has 0 aliphatic carbocycles. The van der Waals surface area contributed by atoms with Crippen molar-refractivity contribution >= 4 is 17.6 Å². The van der Waals surface area contributed by atoms with E-state index in [1.807, 2.05) is 19.9 Å². The molecule has 3 aromatic rings. The normalized spacial score (nSPS) is 11.7. The fourth-order valence-electron chi connectivity index (χ4n) is 5.18. The van der Waals surface area contributed by atoms with Crippen molar-refractivity contribution in [2.24, 2.45) is 0 Å².